The summed E-state index contributed by atoms with van der Waals surface area (Å²) in [4.78, 5) is 15.1. The summed E-state index contributed by atoms with van der Waals surface area (Å²) >= 11 is 0. The van der Waals surface area contributed by atoms with E-state index < -0.39 is 11.8 Å². The van der Waals surface area contributed by atoms with Crippen LogP contribution in [0.5, 0.6) is 0 Å². The van der Waals surface area contributed by atoms with E-state index in [-0.39, 0.29) is 18.0 Å². The summed E-state index contributed by atoms with van der Waals surface area (Å²) in [5.74, 6) is -0.867. The van der Waals surface area contributed by atoms with Crippen LogP contribution >= 0.6 is 0 Å². The minimum absolute atomic E-state index is 0.223. The molecule has 4 nitrogen and oxygen atoms in total. The number of halogens is 1. The molecule has 0 fully saturated rings. The molecule has 19 heavy (non-hydrogen) atoms. The first kappa shape index (κ1) is 13.3. The molecular formula is C14H15FN2O2. The average molecular weight is 262 g/mol. The fourth-order valence-corrected chi connectivity index (χ4v) is 2.01. The van der Waals surface area contributed by atoms with Crippen molar-refractivity contribution in [2.45, 2.75) is 26.3 Å². The number of hydrogen-bond acceptors (Lipinski definition) is 2. The summed E-state index contributed by atoms with van der Waals surface area (Å²) in [5.41, 5.74) is 0.0449. The summed E-state index contributed by atoms with van der Waals surface area (Å²) in [7, 11) is 0. The molecule has 1 heterocycles. The van der Waals surface area contributed by atoms with Gasteiger partial charge in [0.1, 0.15) is 11.6 Å². The van der Waals surface area contributed by atoms with Gasteiger partial charge in [-0.3, -0.25) is 0 Å². The first-order chi connectivity index (χ1) is 9.00. The van der Waals surface area contributed by atoms with Crippen molar-refractivity contribution < 1.29 is 14.3 Å². The molecule has 0 spiro atoms. The molecule has 0 amide bonds. The predicted octanol–water partition coefficient (Wildman–Crippen LogP) is 2.89. The first-order valence-electron chi connectivity index (χ1n) is 6.02. The summed E-state index contributed by atoms with van der Waals surface area (Å²) in [6.07, 6.45) is 3.43. The Morgan fingerprint density at radius 2 is 2.21 bits per heavy atom. The molecule has 0 saturated carbocycles. The molecule has 1 aromatic heterocycles. The van der Waals surface area contributed by atoms with E-state index in [1.54, 1.807) is 24.5 Å². The molecule has 1 N–H and O–H groups in total. The highest BCUT2D eigenvalue weighted by Gasteiger charge is 2.15. The Hall–Kier alpha value is -2.17. The van der Waals surface area contributed by atoms with Gasteiger partial charge in [-0.1, -0.05) is 26.0 Å². The molecule has 0 atom stereocenters. The third kappa shape index (κ3) is 2.65. The smallest absolute Gasteiger partial charge is 0.338 e. The number of aromatic nitrogens is 2. The van der Waals surface area contributed by atoms with Crippen molar-refractivity contribution in [3.05, 3.63) is 53.4 Å². The van der Waals surface area contributed by atoms with E-state index in [1.807, 2.05) is 18.4 Å². The minimum atomic E-state index is -1.26. The molecule has 2 aromatic rings. The van der Waals surface area contributed by atoms with Gasteiger partial charge in [-0.25, -0.2) is 14.2 Å². The Morgan fingerprint density at radius 3 is 2.84 bits per heavy atom. The number of benzene rings is 1. The van der Waals surface area contributed by atoms with Gasteiger partial charge in [-0.2, -0.15) is 0 Å². The van der Waals surface area contributed by atoms with Crippen molar-refractivity contribution in [2.24, 2.45) is 0 Å². The van der Waals surface area contributed by atoms with Crippen LogP contribution in [0.2, 0.25) is 0 Å². The molecule has 0 aliphatic carbocycles. The van der Waals surface area contributed by atoms with Crippen molar-refractivity contribution in [3.63, 3.8) is 0 Å². The van der Waals surface area contributed by atoms with E-state index >= 15 is 0 Å². The SMILES string of the molecule is CC(C)c1nccn1Cc1cccc(C(=O)O)c1F. The third-order valence-electron chi connectivity index (χ3n) is 2.91. The number of nitrogens with zero attached hydrogens (tertiary/aromatic N) is 2. The fourth-order valence-electron chi connectivity index (χ4n) is 2.01. The van der Waals surface area contributed by atoms with E-state index in [9.17, 15) is 9.18 Å². The lowest BCUT2D eigenvalue weighted by atomic mass is 10.1. The Balaban J connectivity index is 2.36. The summed E-state index contributed by atoms with van der Waals surface area (Å²) in [5, 5.41) is 8.90. The zero-order valence-corrected chi connectivity index (χ0v) is 10.8. The van der Waals surface area contributed by atoms with E-state index in [4.69, 9.17) is 5.11 Å². The van der Waals surface area contributed by atoms with Gasteiger partial charge in [0.2, 0.25) is 0 Å². The number of rotatable bonds is 4. The molecular weight excluding hydrogens is 247 g/mol. The lowest BCUT2D eigenvalue weighted by molar-refractivity contribution is 0.0691. The van der Waals surface area contributed by atoms with Crippen LogP contribution in [0.4, 0.5) is 4.39 Å². The molecule has 1 aromatic carbocycles. The first-order valence-corrected chi connectivity index (χ1v) is 6.02. The quantitative estimate of drug-likeness (QED) is 0.921. The van der Waals surface area contributed by atoms with Gasteiger partial charge in [-0.05, 0) is 6.07 Å². The van der Waals surface area contributed by atoms with Crippen LogP contribution in [-0.4, -0.2) is 20.6 Å². The summed E-state index contributed by atoms with van der Waals surface area (Å²) in [6.45, 7) is 4.28. The van der Waals surface area contributed by atoms with Crippen LogP contribution in [0.3, 0.4) is 0 Å². The second-order valence-corrected chi connectivity index (χ2v) is 4.65. The number of carboxylic acids is 1. The third-order valence-corrected chi connectivity index (χ3v) is 2.91. The minimum Gasteiger partial charge on any atom is -0.478 e. The Labute approximate surface area is 110 Å². The highest BCUT2D eigenvalue weighted by molar-refractivity contribution is 5.88. The highest BCUT2D eigenvalue weighted by Crippen LogP contribution is 2.18. The lowest BCUT2D eigenvalue weighted by Gasteiger charge is -2.11. The largest absolute Gasteiger partial charge is 0.478 e. The molecule has 100 valence electrons. The van der Waals surface area contributed by atoms with Crippen LogP contribution in [-0.2, 0) is 6.54 Å². The van der Waals surface area contributed by atoms with E-state index in [1.165, 1.54) is 6.07 Å². The maximum atomic E-state index is 14.0. The van der Waals surface area contributed by atoms with Crippen molar-refractivity contribution in [3.8, 4) is 0 Å². The predicted molar refractivity (Wildman–Crippen MR) is 68.8 cm³/mol. The second kappa shape index (κ2) is 5.22. The molecule has 0 bridgehead atoms. The number of imidazole rings is 1. The Morgan fingerprint density at radius 1 is 1.47 bits per heavy atom. The van der Waals surface area contributed by atoms with Gasteiger partial charge in [0.15, 0.2) is 0 Å². The fraction of sp³-hybridized carbons (Fsp3) is 0.286. The van der Waals surface area contributed by atoms with Crippen molar-refractivity contribution in [2.75, 3.05) is 0 Å². The molecule has 0 aliphatic heterocycles. The van der Waals surface area contributed by atoms with Crippen LogP contribution < -0.4 is 0 Å². The average Bonchev–Trinajstić information content (AvgIpc) is 2.79. The Kier molecular flexibility index (Phi) is 3.64. The van der Waals surface area contributed by atoms with Crippen LogP contribution in [0.15, 0.2) is 30.6 Å². The molecule has 0 saturated heterocycles. The lowest BCUT2D eigenvalue weighted by Crippen LogP contribution is -2.09. The van der Waals surface area contributed by atoms with Gasteiger partial charge in [0.05, 0.1) is 12.1 Å². The standard InChI is InChI=1S/C14H15FN2O2/c1-9(2)13-16-6-7-17(13)8-10-4-3-5-11(12(10)15)14(18)19/h3-7,9H,8H2,1-2H3,(H,18,19). The maximum Gasteiger partial charge on any atom is 0.338 e. The highest BCUT2D eigenvalue weighted by atomic mass is 19.1. The molecule has 0 unspecified atom stereocenters. The zero-order chi connectivity index (χ0) is 14.0. The van der Waals surface area contributed by atoms with Gasteiger partial charge < -0.3 is 9.67 Å². The number of carbonyl (C=O) groups is 1. The number of aromatic carboxylic acids is 1. The summed E-state index contributed by atoms with van der Waals surface area (Å²) in [6, 6.07) is 4.40. The van der Waals surface area contributed by atoms with E-state index in [0.29, 0.717) is 5.56 Å². The van der Waals surface area contributed by atoms with Crippen molar-refractivity contribution in [1.29, 1.82) is 0 Å². The number of hydrogen-bond donors (Lipinski definition) is 1. The molecule has 0 radical (unpaired) electrons. The van der Waals surface area contributed by atoms with Crippen LogP contribution in [0.25, 0.3) is 0 Å². The normalized spacial score (nSPS) is 10.9. The van der Waals surface area contributed by atoms with E-state index in [0.717, 1.165) is 5.82 Å². The molecule has 2 rings (SSSR count). The molecule has 0 aliphatic rings. The van der Waals surface area contributed by atoms with Crippen molar-refractivity contribution >= 4 is 5.97 Å². The number of carboxylic acid groups (broad SMARTS) is 1. The second-order valence-electron chi connectivity index (χ2n) is 4.65. The Bertz CT molecular complexity index is 605. The molecule has 5 heteroatoms. The van der Waals surface area contributed by atoms with Gasteiger partial charge in [0, 0.05) is 23.9 Å². The zero-order valence-electron chi connectivity index (χ0n) is 10.8. The topological polar surface area (TPSA) is 55.1 Å². The van der Waals surface area contributed by atoms with E-state index in [2.05, 4.69) is 4.98 Å². The summed E-state index contributed by atoms with van der Waals surface area (Å²) < 4.78 is 15.9. The maximum absolute atomic E-state index is 14.0. The monoisotopic (exact) mass is 262 g/mol. The van der Waals surface area contributed by atoms with Crippen LogP contribution in [0.1, 0.15) is 41.5 Å². The van der Waals surface area contributed by atoms with Gasteiger partial charge in [-0.15, -0.1) is 0 Å². The van der Waals surface area contributed by atoms with Crippen molar-refractivity contribution in [1.82, 2.24) is 9.55 Å². The van der Waals surface area contributed by atoms with Gasteiger partial charge >= 0.3 is 5.97 Å². The van der Waals surface area contributed by atoms with Crippen LogP contribution in [0, 0.1) is 5.82 Å². The van der Waals surface area contributed by atoms with Gasteiger partial charge in [0.25, 0.3) is 0 Å².